The van der Waals surface area contributed by atoms with E-state index in [-0.39, 0.29) is 16.7 Å². The summed E-state index contributed by atoms with van der Waals surface area (Å²) < 4.78 is 26.3. The minimum atomic E-state index is -3.42. The number of anilines is 1. The maximum atomic E-state index is 12.4. The predicted octanol–water partition coefficient (Wildman–Crippen LogP) is 0.178. The number of carbonyl (C=O) groups excluding carboxylic acids is 1. The lowest BCUT2D eigenvalue weighted by Gasteiger charge is -2.18. The third-order valence-corrected chi connectivity index (χ3v) is 6.22. The molecule has 0 saturated carbocycles. The molecular formula is C14H20N4O3S. The van der Waals surface area contributed by atoms with E-state index in [1.807, 2.05) is 4.90 Å². The van der Waals surface area contributed by atoms with Crippen LogP contribution in [0.1, 0.15) is 19.3 Å². The molecule has 2 N–H and O–H groups in total. The minimum absolute atomic E-state index is 0.158. The molecule has 1 atom stereocenters. The van der Waals surface area contributed by atoms with Crippen molar-refractivity contribution in [2.75, 3.05) is 31.1 Å². The molecule has 1 aromatic rings. The van der Waals surface area contributed by atoms with Crippen LogP contribution in [0.25, 0.3) is 0 Å². The number of hydrogen-bond acceptors (Lipinski definition) is 5. The molecule has 7 nitrogen and oxygen atoms in total. The molecule has 2 aliphatic rings. The van der Waals surface area contributed by atoms with Gasteiger partial charge < -0.3 is 10.6 Å². The minimum Gasteiger partial charge on any atom is -0.369 e. The average molecular weight is 324 g/mol. The van der Waals surface area contributed by atoms with Crippen LogP contribution in [0.5, 0.6) is 0 Å². The second-order valence-electron chi connectivity index (χ2n) is 5.80. The average Bonchev–Trinajstić information content (AvgIpc) is 3.19. The lowest BCUT2D eigenvalue weighted by molar-refractivity contribution is -0.121. The predicted molar refractivity (Wildman–Crippen MR) is 81.7 cm³/mol. The van der Waals surface area contributed by atoms with Gasteiger partial charge in [0.2, 0.25) is 15.9 Å². The Hall–Kier alpha value is -1.67. The molecule has 0 spiro atoms. The summed E-state index contributed by atoms with van der Waals surface area (Å²) in [6.45, 7) is 2.41. The third kappa shape index (κ3) is 2.80. The number of aromatic nitrogens is 1. The molecule has 2 saturated heterocycles. The fraction of sp³-hybridized carbons (Fsp3) is 0.571. The molecular weight excluding hydrogens is 304 g/mol. The smallest absolute Gasteiger partial charge is 0.244 e. The zero-order chi connectivity index (χ0) is 15.7. The molecule has 0 radical (unpaired) electrons. The molecule has 3 heterocycles. The number of amides is 1. The van der Waals surface area contributed by atoms with Gasteiger partial charge in [-0.15, -0.1) is 0 Å². The number of rotatable bonds is 4. The van der Waals surface area contributed by atoms with Gasteiger partial charge in [0, 0.05) is 32.4 Å². The molecule has 0 aliphatic carbocycles. The number of nitrogens with zero attached hydrogens (tertiary/aromatic N) is 3. The molecule has 1 amide bonds. The first-order valence-electron chi connectivity index (χ1n) is 7.49. The van der Waals surface area contributed by atoms with Crippen LogP contribution in [0.2, 0.25) is 0 Å². The van der Waals surface area contributed by atoms with Crippen molar-refractivity contribution in [2.45, 2.75) is 24.2 Å². The molecule has 3 rings (SSSR count). The van der Waals surface area contributed by atoms with Crippen molar-refractivity contribution in [3.63, 3.8) is 0 Å². The second kappa shape index (κ2) is 5.85. The van der Waals surface area contributed by atoms with Gasteiger partial charge in [-0.2, -0.15) is 4.31 Å². The quantitative estimate of drug-likeness (QED) is 0.852. The van der Waals surface area contributed by atoms with Crippen molar-refractivity contribution in [3.8, 4) is 0 Å². The van der Waals surface area contributed by atoms with Crippen molar-refractivity contribution in [1.82, 2.24) is 9.29 Å². The van der Waals surface area contributed by atoms with E-state index in [4.69, 9.17) is 5.73 Å². The van der Waals surface area contributed by atoms with Crippen molar-refractivity contribution < 1.29 is 13.2 Å². The molecule has 120 valence electrons. The Bertz CT molecular complexity index is 653. The van der Waals surface area contributed by atoms with Crippen LogP contribution in [0.3, 0.4) is 0 Å². The first-order chi connectivity index (χ1) is 10.5. The van der Waals surface area contributed by atoms with Crippen LogP contribution < -0.4 is 10.6 Å². The van der Waals surface area contributed by atoms with Crippen LogP contribution >= 0.6 is 0 Å². The topological polar surface area (TPSA) is 96.6 Å². The molecule has 1 aromatic heterocycles. The SMILES string of the molecule is NC(=O)C1CCN(c2ccc(S(=O)(=O)N3CCCC3)cn2)C1. The van der Waals surface area contributed by atoms with E-state index in [1.165, 1.54) is 10.5 Å². The number of nitrogens with two attached hydrogens (primary N) is 1. The van der Waals surface area contributed by atoms with Gasteiger partial charge in [0.1, 0.15) is 10.7 Å². The van der Waals surface area contributed by atoms with Gasteiger partial charge >= 0.3 is 0 Å². The highest BCUT2D eigenvalue weighted by Crippen LogP contribution is 2.25. The van der Waals surface area contributed by atoms with Gasteiger partial charge in [0.05, 0.1) is 5.92 Å². The Balaban J connectivity index is 1.74. The van der Waals surface area contributed by atoms with Crippen LogP contribution in [0.15, 0.2) is 23.2 Å². The molecule has 0 bridgehead atoms. The number of hydrogen-bond donors (Lipinski definition) is 1. The van der Waals surface area contributed by atoms with Crippen molar-refractivity contribution in [3.05, 3.63) is 18.3 Å². The highest BCUT2D eigenvalue weighted by molar-refractivity contribution is 7.89. The maximum absolute atomic E-state index is 12.4. The van der Waals surface area contributed by atoms with E-state index in [0.29, 0.717) is 38.4 Å². The fourth-order valence-electron chi connectivity index (χ4n) is 2.99. The highest BCUT2D eigenvalue weighted by atomic mass is 32.2. The Morgan fingerprint density at radius 1 is 1.23 bits per heavy atom. The molecule has 2 aliphatic heterocycles. The number of carbonyl (C=O) groups is 1. The van der Waals surface area contributed by atoms with Crippen LogP contribution in [0.4, 0.5) is 5.82 Å². The highest BCUT2D eigenvalue weighted by Gasteiger charge is 2.29. The van der Waals surface area contributed by atoms with Gasteiger partial charge in [-0.05, 0) is 31.4 Å². The van der Waals surface area contributed by atoms with Gasteiger partial charge in [0.25, 0.3) is 0 Å². The summed E-state index contributed by atoms with van der Waals surface area (Å²) in [6, 6.07) is 3.29. The van der Waals surface area contributed by atoms with E-state index in [9.17, 15) is 13.2 Å². The van der Waals surface area contributed by atoms with Crippen molar-refractivity contribution in [1.29, 1.82) is 0 Å². The first kappa shape index (κ1) is 15.2. The van der Waals surface area contributed by atoms with Crippen LogP contribution in [-0.4, -0.2) is 49.8 Å². The van der Waals surface area contributed by atoms with E-state index in [1.54, 1.807) is 12.1 Å². The normalized spacial score (nSPS) is 23.1. The van der Waals surface area contributed by atoms with Crippen LogP contribution in [-0.2, 0) is 14.8 Å². The summed E-state index contributed by atoms with van der Waals surface area (Å²) in [4.78, 5) is 17.6. The van der Waals surface area contributed by atoms with Crippen molar-refractivity contribution in [2.24, 2.45) is 11.7 Å². The Morgan fingerprint density at radius 2 is 1.95 bits per heavy atom. The van der Waals surface area contributed by atoms with Gasteiger partial charge in [-0.3, -0.25) is 4.79 Å². The standard InChI is InChI=1S/C14H20N4O3S/c15-14(19)11-5-8-17(10-11)13-4-3-12(9-16-13)22(20,21)18-6-1-2-7-18/h3-4,9,11H,1-2,5-8,10H2,(H2,15,19). The van der Waals surface area contributed by atoms with E-state index < -0.39 is 10.0 Å². The summed E-state index contributed by atoms with van der Waals surface area (Å²) in [5.74, 6) is 0.231. The third-order valence-electron chi connectivity index (χ3n) is 4.34. The Labute approximate surface area is 130 Å². The lowest BCUT2D eigenvalue weighted by atomic mass is 10.1. The van der Waals surface area contributed by atoms with Crippen molar-refractivity contribution >= 4 is 21.7 Å². The Kier molecular flexibility index (Phi) is 4.05. The van der Waals surface area contributed by atoms with Gasteiger partial charge in [-0.25, -0.2) is 13.4 Å². The Morgan fingerprint density at radius 3 is 2.50 bits per heavy atom. The summed E-state index contributed by atoms with van der Waals surface area (Å²) >= 11 is 0. The summed E-state index contributed by atoms with van der Waals surface area (Å²) in [7, 11) is -3.42. The number of pyridine rings is 1. The van der Waals surface area contributed by atoms with Gasteiger partial charge in [0.15, 0.2) is 0 Å². The molecule has 22 heavy (non-hydrogen) atoms. The zero-order valence-electron chi connectivity index (χ0n) is 12.3. The first-order valence-corrected chi connectivity index (χ1v) is 8.93. The molecule has 2 fully saturated rings. The van der Waals surface area contributed by atoms with Crippen LogP contribution in [0, 0.1) is 5.92 Å². The van der Waals surface area contributed by atoms with E-state index in [0.717, 1.165) is 12.8 Å². The number of sulfonamides is 1. The largest absolute Gasteiger partial charge is 0.369 e. The summed E-state index contributed by atoms with van der Waals surface area (Å²) in [5, 5.41) is 0. The lowest BCUT2D eigenvalue weighted by Crippen LogP contribution is -2.29. The molecule has 8 heteroatoms. The second-order valence-corrected chi connectivity index (χ2v) is 7.74. The maximum Gasteiger partial charge on any atom is 0.244 e. The van der Waals surface area contributed by atoms with E-state index in [2.05, 4.69) is 4.98 Å². The van der Waals surface area contributed by atoms with E-state index >= 15 is 0 Å². The summed E-state index contributed by atoms with van der Waals surface area (Å²) in [6.07, 6.45) is 3.94. The summed E-state index contributed by atoms with van der Waals surface area (Å²) in [5.41, 5.74) is 5.32. The monoisotopic (exact) mass is 324 g/mol. The van der Waals surface area contributed by atoms with Gasteiger partial charge in [-0.1, -0.05) is 0 Å². The molecule has 1 unspecified atom stereocenters. The number of primary amides is 1. The fourth-order valence-corrected chi connectivity index (χ4v) is 4.45. The zero-order valence-corrected chi connectivity index (χ0v) is 13.1. The molecule has 0 aromatic carbocycles.